The van der Waals surface area contributed by atoms with Crippen molar-refractivity contribution in [3.63, 3.8) is 0 Å². The zero-order chi connectivity index (χ0) is 13.8. The van der Waals surface area contributed by atoms with Gasteiger partial charge < -0.3 is 10.1 Å². The van der Waals surface area contributed by atoms with Crippen molar-refractivity contribution >= 4 is 39.1 Å². The Balaban J connectivity index is 2.33. The van der Waals surface area contributed by atoms with Gasteiger partial charge in [-0.3, -0.25) is 4.98 Å². The third-order valence-corrected chi connectivity index (χ3v) is 3.91. The maximum absolute atomic E-state index is 6.14. The monoisotopic (exact) mass is 360 g/mol. The van der Waals surface area contributed by atoms with Crippen LogP contribution in [0.4, 0.5) is 0 Å². The Morgan fingerprint density at radius 3 is 2.79 bits per heavy atom. The molecule has 0 spiro atoms. The maximum Gasteiger partial charge on any atom is 0.147 e. The van der Waals surface area contributed by atoms with Crippen LogP contribution < -0.4 is 10.1 Å². The number of rotatable bonds is 4. The lowest BCUT2D eigenvalue weighted by molar-refractivity contribution is 0.473. The smallest absolute Gasteiger partial charge is 0.147 e. The number of pyridine rings is 1. The van der Waals surface area contributed by atoms with Crippen molar-refractivity contribution in [1.29, 1.82) is 0 Å². The van der Waals surface area contributed by atoms with Gasteiger partial charge >= 0.3 is 0 Å². The van der Waals surface area contributed by atoms with Gasteiger partial charge in [0, 0.05) is 35.0 Å². The molecule has 1 N–H and O–H groups in total. The van der Waals surface area contributed by atoms with Gasteiger partial charge in [-0.1, -0.05) is 23.2 Å². The van der Waals surface area contributed by atoms with Crippen molar-refractivity contribution < 1.29 is 4.74 Å². The summed E-state index contributed by atoms with van der Waals surface area (Å²) in [6.45, 7) is 0.658. The molecule has 100 valence electrons. The fraction of sp³-hybridized carbons (Fsp3) is 0.154. The fourth-order valence-corrected chi connectivity index (χ4v) is 2.37. The van der Waals surface area contributed by atoms with Crippen LogP contribution in [0.1, 0.15) is 5.56 Å². The van der Waals surface area contributed by atoms with E-state index in [-0.39, 0.29) is 0 Å². The van der Waals surface area contributed by atoms with Crippen molar-refractivity contribution in [3.05, 3.63) is 50.7 Å². The van der Waals surface area contributed by atoms with Crippen LogP contribution in [0.5, 0.6) is 11.5 Å². The van der Waals surface area contributed by atoms with Crippen molar-refractivity contribution in [2.24, 2.45) is 0 Å². The molecule has 0 saturated carbocycles. The van der Waals surface area contributed by atoms with Gasteiger partial charge in [0.25, 0.3) is 0 Å². The molecule has 1 heterocycles. The molecule has 0 radical (unpaired) electrons. The molecule has 0 unspecified atom stereocenters. The average Bonchev–Trinajstić information content (AvgIpc) is 2.38. The maximum atomic E-state index is 6.14. The molecule has 0 amide bonds. The number of aromatic nitrogens is 1. The highest BCUT2D eigenvalue weighted by molar-refractivity contribution is 9.10. The van der Waals surface area contributed by atoms with E-state index in [4.69, 9.17) is 27.9 Å². The van der Waals surface area contributed by atoms with E-state index < -0.39 is 0 Å². The van der Waals surface area contributed by atoms with E-state index in [1.807, 2.05) is 7.05 Å². The van der Waals surface area contributed by atoms with Crippen LogP contribution in [-0.2, 0) is 6.54 Å². The van der Waals surface area contributed by atoms with Crippen molar-refractivity contribution in [2.75, 3.05) is 7.05 Å². The van der Waals surface area contributed by atoms with Crippen molar-refractivity contribution in [3.8, 4) is 11.5 Å². The molecule has 2 aromatic rings. The van der Waals surface area contributed by atoms with Gasteiger partial charge in [-0.25, -0.2) is 0 Å². The number of nitrogens with zero attached hydrogens (tertiary/aromatic N) is 1. The highest BCUT2D eigenvalue weighted by Gasteiger charge is 2.10. The summed E-state index contributed by atoms with van der Waals surface area (Å²) in [7, 11) is 1.86. The Bertz CT molecular complexity index is 593. The molecule has 19 heavy (non-hydrogen) atoms. The Hall–Kier alpha value is -0.810. The Morgan fingerprint density at radius 2 is 2.05 bits per heavy atom. The van der Waals surface area contributed by atoms with Gasteiger partial charge in [0.15, 0.2) is 0 Å². The lowest BCUT2D eigenvalue weighted by atomic mass is 10.2. The standard InChI is InChI=1S/C13H11BrCl2N2O/c1-17-6-8-7-18-3-2-12(8)19-13-5-10(15)9(14)4-11(13)16/h2-5,7,17H,6H2,1H3. The second-order valence-corrected chi connectivity index (χ2v) is 5.48. The Kier molecular flexibility index (Phi) is 5.05. The molecule has 0 saturated heterocycles. The van der Waals surface area contributed by atoms with Gasteiger partial charge in [-0.05, 0) is 35.1 Å². The quantitative estimate of drug-likeness (QED) is 0.804. The van der Waals surface area contributed by atoms with Crippen LogP contribution in [0.15, 0.2) is 35.1 Å². The van der Waals surface area contributed by atoms with Crippen LogP contribution in [0.25, 0.3) is 0 Å². The molecule has 0 atom stereocenters. The van der Waals surface area contributed by atoms with Crippen LogP contribution in [-0.4, -0.2) is 12.0 Å². The van der Waals surface area contributed by atoms with E-state index in [0.29, 0.717) is 28.1 Å². The van der Waals surface area contributed by atoms with Crippen molar-refractivity contribution in [1.82, 2.24) is 10.3 Å². The van der Waals surface area contributed by atoms with E-state index in [1.165, 1.54) is 0 Å². The number of halogens is 3. The highest BCUT2D eigenvalue weighted by atomic mass is 79.9. The topological polar surface area (TPSA) is 34.2 Å². The van der Waals surface area contributed by atoms with Gasteiger partial charge in [-0.15, -0.1) is 0 Å². The van der Waals surface area contributed by atoms with Gasteiger partial charge in [0.2, 0.25) is 0 Å². The third-order valence-electron chi connectivity index (χ3n) is 2.42. The first-order valence-electron chi connectivity index (χ1n) is 5.51. The summed E-state index contributed by atoms with van der Waals surface area (Å²) in [4.78, 5) is 4.07. The minimum atomic E-state index is 0.489. The number of hydrogen-bond acceptors (Lipinski definition) is 3. The van der Waals surface area contributed by atoms with Gasteiger partial charge in [0.1, 0.15) is 11.5 Å². The van der Waals surface area contributed by atoms with Crippen LogP contribution in [0, 0.1) is 0 Å². The second kappa shape index (κ2) is 6.57. The summed E-state index contributed by atoms with van der Waals surface area (Å²) < 4.78 is 6.54. The molecule has 0 aliphatic rings. The van der Waals surface area contributed by atoms with Crippen LogP contribution in [0.2, 0.25) is 10.0 Å². The SMILES string of the molecule is CNCc1cnccc1Oc1cc(Cl)c(Br)cc1Cl. The number of hydrogen-bond donors (Lipinski definition) is 1. The largest absolute Gasteiger partial charge is 0.455 e. The van der Waals surface area contributed by atoms with Gasteiger partial charge in [-0.2, -0.15) is 0 Å². The summed E-state index contributed by atoms with van der Waals surface area (Å²) in [6, 6.07) is 5.18. The number of nitrogens with one attached hydrogen (secondary N) is 1. The lowest BCUT2D eigenvalue weighted by Gasteiger charge is -2.12. The summed E-state index contributed by atoms with van der Waals surface area (Å²) in [5.41, 5.74) is 0.945. The molecule has 6 heteroatoms. The summed E-state index contributed by atoms with van der Waals surface area (Å²) >= 11 is 15.5. The molecule has 0 fully saturated rings. The van der Waals surface area contributed by atoms with Crippen molar-refractivity contribution in [2.45, 2.75) is 6.54 Å². The molecule has 2 rings (SSSR count). The first-order valence-corrected chi connectivity index (χ1v) is 7.06. The second-order valence-electron chi connectivity index (χ2n) is 3.81. The molecule has 1 aromatic carbocycles. The number of ether oxygens (including phenoxy) is 1. The minimum absolute atomic E-state index is 0.489. The Morgan fingerprint density at radius 1 is 1.26 bits per heavy atom. The van der Waals surface area contributed by atoms with E-state index in [1.54, 1.807) is 30.6 Å². The van der Waals surface area contributed by atoms with Crippen LogP contribution in [0.3, 0.4) is 0 Å². The number of benzene rings is 1. The molecule has 0 aliphatic heterocycles. The van der Waals surface area contributed by atoms with E-state index >= 15 is 0 Å². The third kappa shape index (κ3) is 3.60. The Labute approximate surface area is 130 Å². The van der Waals surface area contributed by atoms with E-state index in [2.05, 4.69) is 26.2 Å². The van der Waals surface area contributed by atoms with Crippen LogP contribution >= 0.6 is 39.1 Å². The highest BCUT2D eigenvalue weighted by Crippen LogP contribution is 2.37. The van der Waals surface area contributed by atoms with E-state index in [0.717, 1.165) is 10.0 Å². The molecule has 3 nitrogen and oxygen atoms in total. The first-order chi connectivity index (χ1) is 9.11. The van der Waals surface area contributed by atoms with E-state index in [9.17, 15) is 0 Å². The summed E-state index contributed by atoms with van der Waals surface area (Å²) in [6.07, 6.45) is 3.42. The van der Waals surface area contributed by atoms with Gasteiger partial charge in [0.05, 0.1) is 10.0 Å². The predicted molar refractivity (Wildman–Crippen MR) is 81.2 cm³/mol. The minimum Gasteiger partial charge on any atom is -0.455 e. The zero-order valence-electron chi connectivity index (χ0n) is 10.1. The predicted octanol–water partition coefficient (Wildman–Crippen LogP) is 4.66. The molecular weight excluding hydrogens is 351 g/mol. The summed E-state index contributed by atoms with van der Waals surface area (Å²) in [5, 5.41) is 4.09. The molecule has 1 aromatic heterocycles. The molecule has 0 aliphatic carbocycles. The average molecular weight is 362 g/mol. The normalized spacial score (nSPS) is 10.5. The molecule has 0 bridgehead atoms. The first kappa shape index (κ1) is 14.6. The fourth-order valence-electron chi connectivity index (χ4n) is 1.54. The summed E-state index contributed by atoms with van der Waals surface area (Å²) in [5.74, 6) is 1.21. The zero-order valence-corrected chi connectivity index (χ0v) is 13.2. The molecular formula is C13H11BrCl2N2O. The lowest BCUT2D eigenvalue weighted by Crippen LogP contribution is -2.06.